The van der Waals surface area contributed by atoms with E-state index >= 15 is 0 Å². The monoisotopic (exact) mass is 288 g/mol. The number of amides is 1. The number of anilines is 2. The van der Waals surface area contributed by atoms with Gasteiger partial charge in [0.25, 0.3) is 0 Å². The Morgan fingerprint density at radius 3 is 2.52 bits per heavy atom. The molecule has 4 heteroatoms. The lowest BCUT2D eigenvalue weighted by Gasteiger charge is -2.30. The molecule has 21 heavy (non-hydrogen) atoms. The molecule has 0 aliphatic carbocycles. The molecule has 0 aromatic heterocycles. The van der Waals surface area contributed by atoms with E-state index in [9.17, 15) is 4.79 Å². The quantitative estimate of drug-likeness (QED) is 0.796. The smallest absolute Gasteiger partial charge is 0.232 e. The number of benzene rings is 1. The summed E-state index contributed by atoms with van der Waals surface area (Å²) in [4.78, 5) is 16.9. The molecule has 114 valence electrons. The van der Waals surface area contributed by atoms with Crippen molar-refractivity contribution in [3.63, 3.8) is 0 Å². The molecule has 3 rings (SSSR count). The second-order valence-corrected chi connectivity index (χ2v) is 6.87. The van der Waals surface area contributed by atoms with Gasteiger partial charge in [-0.3, -0.25) is 4.79 Å². The molecule has 1 fully saturated rings. The Morgan fingerprint density at radius 1 is 1.14 bits per heavy atom. The summed E-state index contributed by atoms with van der Waals surface area (Å²) in [6.45, 7) is 10.2. The van der Waals surface area contributed by atoms with Crippen LogP contribution in [0.25, 0.3) is 0 Å². The highest BCUT2D eigenvalue weighted by Gasteiger charge is 2.32. The van der Waals surface area contributed by atoms with Crippen LogP contribution in [0.4, 0.5) is 11.4 Å². The zero-order valence-electron chi connectivity index (χ0n) is 13.2. The van der Waals surface area contributed by atoms with Crippen molar-refractivity contribution < 1.29 is 9.53 Å². The topological polar surface area (TPSA) is 32.8 Å². The van der Waals surface area contributed by atoms with Gasteiger partial charge in [0.05, 0.1) is 13.2 Å². The SMILES string of the molecule is CC(C)(C)C(=O)N1CCc2ccc(N3CCOCC3)cc21. The van der Waals surface area contributed by atoms with Crippen LogP contribution in [0, 0.1) is 5.41 Å². The lowest BCUT2D eigenvalue weighted by atomic mass is 9.94. The molecule has 2 aliphatic rings. The zero-order chi connectivity index (χ0) is 15.0. The molecule has 0 unspecified atom stereocenters. The van der Waals surface area contributed by atoms with Crippen LogP contribution < -0.4 is 9.80 Å². The molecule has 0 saturated carbocycles. The molecule has 1 aromatic carbocycles. The summed E-state index contributed by atoms with van der Waals surface area (Å²) in [6, 6.07) is 6.53. The van der Waals surface area contributed by atoms with Gasteiger partial charge in [-0.25, -0.2) is 0 Å². The number of carbonyl (C=O) groups is 1. The van der Waals surface area contributed by atoms with Crippen LogP contribution in [0.15, 0.2) is 18.2 Å². The van der Waals surface area contributed by atoms with Crippen molar-refractivity contribution in [2.75, 3.05) is 42.6 Å². The zero-order valence-corrected chi connectivity index (χ0v) is 13.2. The first-order chi connectivity index (χ1) is 9.97. The first-order valence-electron chi connectivity index (χ1n) is 7.74. The Labute approximate surface area is 126 Å². The van der Waals surface area contributed by atoms with Crippen LogP contribution in [-0.4, -0.2) is 38.8 Å². The lowest BCUT2D eigenvalue weighted by Crippen LogP contribution is -2.39. The maximum atomic E-state index is 12.6. The largest absolute Gasteiger partial charge is 0.378 e. The van der Waals surface area contributed by atoms with Gasteiger partial charge in [0.15, 0.2) is 0 Å². The molecule has 0 N–H and O–H groups in total. The van der Waals surface area contributed by atoms with E-state index in [2.05, 4.69) is 23.1 Å². The van der Waals surface area contributed by atoms with Crippen molar-refractivity contribution in [3.8, 4) is 0 Å². The number of carbonyl (C=O) groups excluding carboxylic acids is 1. The Balaban J connectivity index is 1.88. The van der Waals surface area contributed by atoms with E-state index < -0.39 is 0 Å². The van der Waals surface area contributed by atoms with Gasteiger partial charge in [0.1, 0.15) is 0 Å². The molecule has 1 saturated heterocycles. The van der Waals surface area contributed by atoms with Crippen LogP contribution in [-0.2, 0) is 16.0 Å². The van der Waals surface area contributed by atoms with Gasteiger partial charge in [-0.05, 0) is 24.1 Å². The van der Waals surface area contributed by atoms with Crippen molar-refractivity contribution in [1.82, 2.24) is 0 Å². The van der Waals surface area contributed by atoms with Gasteiger partial charge in [0, 0.05) is 36.4 Å². The number of rotatable bonds is 1. The van der Waals surface area contributed by atoms with E-state index in [-0.39, 0.29) is 11.3 Å². The van der Waals surface area contributed by atoms with Crippen LogP contribution in [0.1, 0.15) is 26.3 Å². The van der Waals surface area contributed by atoms with Gasteiger partial charge < -0.3 is 14.5 Å². The van der Waals surface area contributed by atoms with Gasteiger partial charge >= 0.3 is 0 Å². The third-order valence-electron chi connectivity index (χ3n) is 4.23. The fourth-order valence-corrected chi connectivity index (χ4v) is 3.00. The summed E-state index contributed by atoms with van der Waals surface area (Å²) in [7, 11) is 0. The Bertz CT molecular complexity index is 542. The highest BCUT2D eigenvalue weighted by atomic mass is 16.5. The number of hydrogen-bond donors (Lipinski definition) is 0. The van der Waals surface area contributed by atoms with Crippen molar-refractivity contribution >= 4 is 17.3 Å². The average molecular weight is 288 g/mol. The van der Waals surface area contributed by atoms with Gasteiger partial charge in [-0.2, -0.15) is 0 Å². The van der Waals surface area contributed by atoms with E-state index in [0.29, 0.717) is 0 Å². The number of morpholine rings is 1. The second kappa shape index (κ2) is 5.34. The molecule has 0 bridgehead atoms. The summed E-state index contributed by atoms with van der Waals surface area (Å²) in [5, 5.41) is 0. The van der Waals surface area contributed by atoms with Crippen LogP contribution in [0.5, 0.6) is 0 Å². The van der Waals surface area contributed by atoms with Crippen molar-refractivity contribution in [3.05, 3.63) is 23.8 Å². The predicted molar refractivity (Wildman–Crippen MR) is 85.0 cm³/mol. The van der Waals surface area contributed by atoms with Crippen molar-refractivity contribution in [2.24, 2.45) is 5.41 Å². The summed E-state index contributed by atoms with van der Waals surface area (Å²) < 4.78 is 5.41. The first-order valence-corrected chi connectivity index (χ1v) is 7.74. The third kappa shape index (κ3) is 2.77. The summed E-state index contributed by atoms with van der Waals surface area (Å²) in [6.07, 6.45) is 0.959. The Hall–Kier alpha value is -1.55. The van der Waals surface area contributed by atoms with E-state index in [1.54, 1.807) is 0 Å². The van der Waals surface area contributed by atoms with Crippen molar-refractivity contribution in [2.45, 2.75) is 27.2 Å². The molecule has 4 nitrogen and oxygen atoms in total. The molecule has 0 radical (unpaired) electrons. The molecule has 2 aliphatic heterocycles. The average Bonchev–Trinajstić information content (AvgIpc) is 2.89. The first kappa shape index (κ1) is 14.4. The number of ether oxygens (including phenoxy) is 1. The highest BCUT2D eigenvalue weighted by molar-refractivity contribution is 5.99. The molecule has 1 aromatic rings. The lowest BCUT2D eigenvalue weighted by molar-refractivity contribution is -0.125. The van der Waals surface area contributed by atoms with Gasteiger partial charge in [0.2, 0.25) is 5.91 Å². The van der Waals surface area contributed by atoms with Crippen LogP contribution in [0.2, 0.25) is 0 Å². The molecule has 1 amide bonds. The summed E-state index contributed by atoms with van der Waals surface area (Å²) >= 11 is 0. The normalized spacial score (nSPS) is 18.8. The van der Waals surface area contributed by atoms with E-state index in [4.69, 9.17) is 4.74 Å². The Morgan fingerprint density at radius 2 is 1.86 bits per heavy atom. The Kier molecular flexibility index (Phi) is 3.66. The fraction of sp³-hybridized carbons (Fsp3) is 0.588. The van der Waals surface area contributed by atoms with Gasteiger partial charge in [-0.15, -0.1) is 0 Å². The van der Waals surface area contributed by atoms with E-state index in [0.717, 1.165) is 45.0 Å². The highest BCUT2D eigenvalue weighted by Crippen LogP contribution is 2.35. The summed E-state index contributed by atoms with van der Waals surface area (Å²) in [5.74, 6) is 0.209. The maximum absolute atomic E-state index is 12.6. The third-order valence-corrected chi connectivity index (χ3v) is 4.23. The number of fused-ring (bicyclic) bond motifs is 1. The molecule has 2 heterocycles. The maximum Gasteiger partial charge on any atom is 0.232 e. The van der Waals surface area contributed by atoms with E-state index in [1.165, 1.54) is 11.3 Å². The predicted octanol–water partition coefficient (Wildman–Crippen LogP) is 2.46. The standard InChI is InChI=1S/C17H24N2O2/c1-17(2,3)16(20)19-7-6-13-4-5-14(12-15(13)19)18-8-10-21-11-9-18/h4-5,12H,6-11H2,1-3H3. The minimum atomic E-state index is -0.337. The number of hydrogen-bond acceptors (Lipinski definition) is 3. The second-order valence-electron chi connectivity index (χ2n) is 6.87. The molecular formula is C17H24N2O2. The van der Waals surface area contributed by atoms with Crippen LogP contribution >= 0.6 is 0 Å². The molecular weight excluding hydrogens is 264 g/mol. The summed E-state index contributed by atoms with van der Waals surface area (Å²) in [5.41, 5.74) is 3.24. The van der Waals surface area contributed by atoms with Crippen LogP contribution in [0.3, 0.4) is 0 Å². The fourth-order valence-electron chi connectivity index (χ4n) is 3.00. The number of nitrogens with zero attached hydrogens (tertiary/aromatic N) is 2. The molecule has 0 spiro atoms. The molecule has 0 atom stereocenters. The van der Waals surface area contributed by atoms with Gasteiger partial charge in [-0.1, -0.05) is 26.8 Å². The van der Waals surface area contributed by atoms with E-state index in [1.807, 2.05) is 25.7 Å². The minimum Gasteiger partial charge on any atom is -0.378 e. The minimum absolute atomic E-state index is 0.209. The van der Waals surface area contributed by atoms with Crippen molar-refractivity contribution in [1.29, 1.82) is 0 Å².